The highest BCUT2D eigenvalue weighted by molar-refractivity contribution is 9.11. The van der Waals surface area contributed by atoms with Crippen molar-refractivity contribution in [3.05, 3.63) is 38.6 Å². The van der Waals surface area contributed by atoms with Gasteiger partial charge in [-0.3, -0.25) is 4.72 Å². The zero-order chi connectivity index (χ0) is 13.3. The minimum absolute atomic E-state index is 0.242. The Labute approximate surface area is 126 Å². The van der Waals surface area contributed by atoms with Crippen molar-refractivity contribution in [2.75, 3.05) is 10.5 Å². The van der Waals surface area contributed by atoms with Crippen LogP contribution in [0.25, 0.3) is 0 Å². The van der Waals surface area contributed by atoms with Crippen LogP contribution in [-0.4, -0.2) is 8.42 Å². The summed E-state index contributed by atoms with van der Waals surface area (Å²) in [6.07, 6.45) is 0. The SMILES string of the molecule is Nc1ccc(NS(=O)(=O)c2sccc2Br)c(Br)c1. The van der Waals surface area contributed by atoms with Gasteiger partial charge in [0.25, 0.3) is 10.0 Å². The Bertz CT molecular complexity index is 683. The zero-order valence-electron chi connectivity index (χ0n) is 8.85. The molecule has 0 bridgehead atoms. The molecule has 0 aliphatic carbocycles. The number of benzene rings is 1. The molecule has 18 heavy (non-hydrogen) atoms. The van der Waals surface area contributed by atoms with Crippen molar-refractivity contribution in [2.24, 2.45) is 0 Å². The van der Waals surface area contributed by atoms with Crippen molar-refractivity contribution in [3.8, 4) is 0 Å². The molecule has 2 rings (SSSR count). The van der Waals surface area contributed by atoms with Crippen LogP contribution in [0.15, 0.2) is 42.8 Å². The van der Waals surface area contributed by atoms with Gasteiger partial charge in [0.2, 0.25) is 0 Å². The highest BCUT2D eigenvalue weighted by atomic mass is 79.9. The zero-order valence-corrected chi connectivity index (χ0v) is 13.7. The van der Waals surface area contributed by atoms with E-state index in [1.165, 1.54) is 0 Å². The first-order valence-electron chi connectivity index (χ1n) is 4.71. The first-order valence-corrected chi connectivity index (χ1v) is 8.66. The summed E-state index contributed by atoms with van der Waals surface area (Å²) >= 11 is 7.62. The quantitative estimate of drug-likeness (QED) is 0.757. The van der Waals surface area contributed by atoms with Gasteiger partial charge in [-0.05, 0) is 61.5 Å². The van der Waals surface area contributed by atoms with Crippen molar-refractivity contribution < 1.29 is 8.42 Å². The van der Waals surface area contributed by atoms with Crippen LogP contribution in [0.1, 0.15) is 0 Å². The Morgan fingerprint density at radius 2 is 1.89 bits per heavy atom. The van der Waals surface area contributed by atoms with E-state index in [0.717, 1.165) is 11.3 Å². The summed E-state index contributed by atoms with van der Waals surface area (Å²) in [6, 6.07) is 6.57. The van der Waals surface area contributed by atoms with E-state index in [1.54, 1.807) is 29.6 Å². The van der Waals surface area contributed by atoms with E-state index in [9.17, 15) is 8.42 Å². The summed E-state index contributed by atoms with van der Waals surface area (Å²) in [5.74, 6) is 0. The molecule has 0 fully saturated rings. The van der Waals surface area contributed by atoms with Crippen LogP contribution in [0.3, 0.4) is 0 Å². The third-order valence-electron chi connectivity index (χ3n) is 2.07. The molecule has 0 aliphatic heterocycles. The summed E-state index contributed by atoms with van der Waals surface area (Å²) in [7, 11) is -3.59. The molecule has 0 atom stereocenters. The van der Waals surface area contributed by atoms with E-state index < -0.39 is 10.0 Å². The lowest BCUT2D eigenvalue weighted by Gasteiger charge is -2.09. The number of rotatable bonds is 3. The average Bonchev–Trinajstić information content (AvgIpc) is 2.69. The number of nitrogen functional groups attached to an aromatic ring is 1. The van der Waals surface area contributed by atoms with Crippen LogP contribution in [0.5, 0.6) is 0 Å². The van der Waals surface area contributed by atoms with E-state index in [4.69, 9.17) is 5.73 Å². The van der Waals surface area contributed by atoms with Crippen molar-refractivity contribution in [1.29, 1.82) is 0 Å². The molecule has 96 valence electrons. The average molecular weight is 412 g/mol. The van der Waals surface area contributed by atoms with Gasteiger partial charge in [-0.25, -0.2) is 8.42 Å². The van der Waals surface area contributed by atoms with Gasteiger partial charge in [-0.2, -0.15) is 0 Å². The molecular formula is C10H8Br2N2O2S2. The van der Waals surface area contributed by atoms with Crippen molar-refractivity contribution in [3.63, 3.8) is 0 Å². The number of anilines is 2. The molecule has 0 radical (unpaired) electrons. The fraction of sp³-hybridized carbons (Fsp3) is 0. The van der Waals surface area contributed by atoms with Gasteiger partial charge in [0.05, 0.1) is 5.69 Å². The fourth-order valence-electron chi connectivity index (χ4n) is 1.28. The van der Waals surface area contributed by atoms with Crippen LogP contribution in [0.2, 0.25) is 0 Å². The maximum absolute atomic E-state index is 12.1. The number of nitrogens with two attached hydrogens (primary N) is 1. The first kappa shape index (κ1) is 13.9. The molecule has 2 aromatic rings. The van der Waals surface area contributed by atoms with E-state index in [1.807, 2.05) is 0 Å². The van der Waals surface area contributed by atoms with Gasteiger partial charge < -0.3 is 5.73 Å². The lowest BCUT2D eigenvalue weighted by Crippen LogP contribution is -2.12. The second-order valence-electron chi connectivity index (χ2n) is 3.40. The third kappa shape index (κ3) is 2.87. The summed E-state index contributed by atoms with van der Waals surface area (Å²) in [5.41, 5.74) is 6.60. The highest BCUT2D eigenvalue weighted by Gasteiger charge is 2.20. The fourth-order valence-corrected chi connectivity index (χ4v) is 5.32. The normalized spacial score (nSPS) is 11.4. The number of halogens is 2. The number of sulfonamides is 1. The van der Waals surface area contributed by atoms with Gasteiger partial charge in [0, 0.05) is 14.6 Å². The van der Waals surface area contributed by atoms with E-state index in [-0.39, 0.29) is 4.21 Å². The number of nitrogens with one attached hydrogen (secondary N) is 1. The molecule has 0 saturated heterocycles. The monoisotopic (exact) mass is 410 g/mol. The third-order valence-corrected chi connectivity index (χ3v) is 6.76. The maximum Gasteiger partial charge on any atom is 0.272 e. The van der Waals surface area contributed by atoms with Crippen molar-refractivity contribution in [1.82, 2.24) is 0 Å². The highest BCUT2D eigenvalue weighted by Crippen LogP contribution is 2.31. The molecule has 1 aromatic carbocycles. The Balaban J connectivity index is 2.37. The van der Waals surface area contributed by atoms with E-state index >= 15 is 0 Å². The maximum atomic E-state index is 12.1. The second-order valence-corrected chi connectivity index (χ2v) is 7.90. The number of thiophene rings is 1. The first-order chi connectivity index (χ1) is 8.40. The van der Waals surface area contributed by atoms with E-state index in [0.29, 0.717) is 20.3 Å². The van der Waals surface area contributed by atoms with Gasteiger partial charge in [0.1, 0.15) is 0 Å². The molecule has 0 unspecified atom stereocenters. The van der Waals surface area contributed by atoms with Gasteiger partial charge in [-0.15, -0.1) is 11.3 Å². The van der Waals surface area contributed by atoms with Crippen LogP contribution >= 0.6 is 43.2 Å². The van der Waals surface area contributed by atoms with Crippen molar-refractivity contribution in [2.45, 2.75) is 4.21 Å². The topological polar surface area (TPSA) is 72.2 Å². The molecule has 1 heterocycles. The largest absolute Gasteiger partial charge is 0.399 e. The minimum atomic E-state index is -3.59. The summed E-state index contributed by atoms with van der Waals surface area (Å²) < 4.78 is 28.2. The smallest absolute Gasteiger partial charge is 0.272 e. The van der Waals surface area contributed by atoms with Crippen LogP contribution in [0, 0.1) is 0 Å². The summed E-state index contributed by atoms with van der Waals surface area (Å²) in [4.78, 5) is 0. The van der Waals surface area contributed by atoms with Crippen LogP contribution in [-0.2, 0) is 10.0 Å². The van der Waals surface area contributed by atoms with Crippen LogP contribution < -0.4 is 10.5 Å². The Morgan fingerprint density at radius 3 is 2.44 bits per heavy atom. The molecule has 8 heteroatoms. The van der Waals surface area contributed by atoms with Crippen LogP contribution in [0.4, 0.5) is 11.4 Å². The predicted molar refractivity (Wildman–Crippen MR) is 81.4 cm³/mol. The van der Waals surface area contributed by atoms with Gasteiger partial charge >= 0.3 is 0 Å². The summed E-state index contributed by atoms with van der Waals surface area (Å²) in [5, 5.41) is 1.71. The van der Waals surface area contributed by atoms with Crippen molar-refractivity contribution >= 4 is 64.6 Å². The lowest BCUT2D eigenvalue weighted by molar-refractivity contribution is 0.603. The number of hydrogen-bond acceptors (Lipinski definition) is 4. The van der Waals surface area contributed by atoms with E-state index in [2.05, 4.69) is 36.6 Å². The Hall–Kier alpha value is -0.570. The minimum Gasteiger partial charge on any atom is -0.399 e. The molecule has 0 aliphatic rings. The summed E-state index contributed by atoms with van der Waals surface area (Å²) in [6.45, 7) is 0. The Morgan fingerprint density at radius 1 is 1.17 bits per heavy atom. The molecule has 1 aromatic heterocycles. The molecule has 3 N–H and O–H groups in total. The van der Waals surface area contributed by atoms with Gasteiger partial charge in [-0.1, -0.05) is 0 Å². The molecule has 0 saturated carbocycles. The van der Waals surface area contributed by atoms with Gasteiger partial charge in [0.15, 0.2) is 4.21 Å². The predicted octanol–water partition coefficient (Wildman–Crippen LogP) is 3.66. The Kier molecular flexibility index (Phi) is 4.00. The standard InChI is InChI=1S/C10H8Br2N2O2S2/c11-7-3-4-17-10(7)18(15,16)14-9-2-1-6(13)5-8(9)12/h1-5,14H,13H2. The molecule has 4 nitrogen and oxygen atoms in total. The molecule has 0 spiro atoms. The number of hydrogen-bond donors (Lipinski definition) is 2. The lowest BCUT2D eigenvalue weighted by atomic mass is 10.3. The molecular weight excluding hydrogens is 404 g/mol. The second kappa shape index (κ2) is 5.20. The molecule has 0 amide bonds.